The summed E-state index contributed by atoms with van der Waals surface area (Å²) >= 11 is 0. The van der Waals surface area contributed by atoms with Gasteiger partial charge in [0.15, 0.2) is 0 Å². The van der Waals surface area contributed by atoms with Gasteiger partial charge in [0.05, 0.1) is 6.10 Å². The Balaban J connectivity index is 2.55. The van der Waals surface area contributed by atoms with E-state index in [1.165, 1.54) is 11.1 Å². The van der Waals surface area contributed by atoms with Crippen molar-refractivity contribution in [3.05, 3.63) is 34.9 Å². The zero-order valence-corrected chi connectivity index (χ0v) is 11.2. The maximum absolute atomic E-state index is 10.2. The topological polar surface area (TPSA) is 46.2 Å². The molecule has 1 aliphatic carbocycles. The van der Waals surface area contributed by atoms with Crippen LogP contribution in [0.1, 0.15) is 62.8 Å². The predicted octanol–water partition coefficient (Wildman–Crippen LogP) is 2.85. The van der Waals surface area contributed by atoms with Gasteiger partial charge in [-0.25, -0.2) is 0 Å². The fourth-order valence-electron chi connectivity index (χ4n) is 2.84. The van der Waals surface area contributed by atoms with Gasteiger partial charge in [-0.15, -0.1) is 0 Å². The number of aliphatic hydroxyl groups is 1. The van der Waals surface area contributed by atoms with Crippen LogP contribution in [0.4, 0.5) is 0 Å². The second kappa shape index (κ2) is 4.11. The van der Waals surface area contributed by atoms with Gasteiger partial charge in [0.1, 0.15) is 0 Å². The summed E-state index contributed by atoms with van der Waals surface area (Å²) in [5.74, 6) is 0.480. The highest BCUT2D eigenvalue weighted by Gasteiger charge is 2.36. The molecule has 1 aromatic rings. The van der Waals surface area contributed by atoms with Gasteiger partial charge < -0.3 is 10.8 Å². The summed E-state index contributed by atoms with van der Waals surface area (Å²) in [6.07, 6.45) is 0.319. The van der Waals surface area contributed by atoms with Crippen LogP contribution in [-0.4, -0.2) is 11.1 Å². The lowest BCUT2D eigenvalue weighted by atomic mass is 9.69. The number of nitrogens with two attached hydrogens (primary N) is 1. The van der Waals surface area contributed by atoms with Gasteiger partial charge >= 0.3 is 0 Å². The number of benzene rings is 1. The van der Waals surface area contributed by atoms with Gasteiger partial charge in [0.25, 0.3) is 0 Å². The van der Waals surface area contributed by atoms with Crippen LogP contribution in [0.25, 0.3) is 0 Å². The van der Waals surface area contributed by atoms with E-state index in [1.807, 2.05) is 0 Å². The molecule has 2 nitrogen and oxygen atoms in total. The van der Waals surface area contributed by atoms with Crippen molar-refractivity contribution in [3.63, 3.8) is 0 Å². The number of fused-ring (bicyclic) bond motifs is 1. The van der Waals surface area contributed by atoms with Crippen LogP contribution in [0.5, 0.6) is 0 Å². The van der Waals surface area contributed by atoms with Gasteiger partial charge in [-0.3, -0.25) is 0 Å². The van der Waals surface area contributed by atoms with Crippen molar-refractivity contribution < 1.29 is 5.11 Å². The first-order valence-electron chi connectivity index (χ1n) is 6.41. The first-order chi connectivity index (χ1) is 7.83. The minimum atomic E-state index is -0.517. The lowest BCUT2D eigenvalue weighted by molar-refractivity contribution is 0.115. The molecule has 1 aliphatic rings. The summed E-state index contributed by atoms with van der Waals surface area (Å²) in [5.41, 5.74) is 9.65. The van der Waals surface area contributed by atoms with E-state index in [0.29, 0.717) is 5.92 Å². The molecule has 0 bridgehead atoms. The summed E-state index contributed by atoms with van der Waals surface area (Å²) in [6, 6.07) is 6.32. The molecule has 0 amide bonds. The molecule has 2 heteroatoms. The first-order valence-corrected chi connectivity index (χ1v) is 6.41. The van der Waals surface area contributed by atoms with Gasteiger partial charge in [-0.05, 0) is 34.4 Å². The molecule has 0 aromatic heterocycles. The van der Waals surface area contributed by atoms with Gasteiger partial charge in [-0.2, -0.15) is 0 Å². The fraction of sp³-hybridized carbons (Fsp3) is 0.600. The summed E-state index contributed by atoms with van der Waals surface area (Å²) in [6.45, 7) is 8.74. The van der Waals surface area contributed by atoms with E-state index in [1.54, 1.807) is 0 Å². The van der Waals surface area contributed by atoms with E-state index in [2.05, 4.69) is 45.9 Å². The summed E-state index contributed by atoms with van der Waals surface area (Å²) < 4.78 is 0. The predicted molar refractivity (Wildman–Crippen MR) is 71.1 cm³/mol. The first kappa shape index (κ1) is 12.6. The average molecular weight is 233 g/mol. The summed E-state index contributed by atoms with van der Waals surface area (Å²) in [7, 11) is 0. The Morgan fingerprint density at radius 3 is 2.59 bits per heavy atom. The smallest absolute Gasteiger partial charge is 0.0944 e. The molecule has 2 atom stereocenters. The second-order valence-corrected chi connectivity index (χ2v) is 6.20. The lowest BCUT2D eigenvalue weighted by Gasteiger charge is -2.39. The molecule has 2 unspecified atom stereocenters. The lowest BCUT2D eigenvalue weighted by Crippen LogP contribution is -2.41. The Morgan fingerprint density at radius 1 is 1.35 bits per heavy atom. The molecule has 0 spiro atoms. The molecule has 0 aliphatic heterocycles. The van der Waals surface area contributed by atoms with Crippen LogP contribution < -0.4 is 5.73 Å². The van der Waals surface area contributed by atoms with Crippen LogP contribution in [0, 0.1) is 0 Å². The average Bonchev–Trinajstić information content (AvgIpc) is 2.25. The second-order valence-electron chi connectivity index (χ2n) is 6.20. The third kappa shape index (κ3) is 2.12. The summed E-state index contributed by atoms with van der Waals surface area (Å²) in [5, 5.41) is 10.2. The Labute approximate surface area is 104 Å². The highest BCUT2D eigenvalue weighted by atomic mass is 16.3. The van der Waals surface area contributed by atoms with Crippen molar-refractivity contribution in [3.8, 4) is 0 Å². The molecule has 1 aromatic carbocycles. The standard InChI is InChI=1S/C15H23NO/c1-9(2)10-5-6-12-11(7-10)14(17)13(16)8-15(12,3)4/h5-7,9,13-14,17H,8,16H2,1-4H3. The monoisotopic (exact) mass is 233 g/mol. The van der Waals surface area contributed by atoms with Crippen molar-refractivity contribution in [2.75, 3.05) is 0 Å². The van der Waals surface area contributed by atoms with Crippen molar-refractivity contribution >= 4 is 0 Å². The molecule has 0 radical (unpaired) electrons. The Morgan fingerprint density at radius 2 is 2.00 bits per heavy atom. The molecule has 17 heavy (non-hydrogen) atoms. The highest BCUT2D eigenvalue weighted by molar-refractivity contribution is 5.42. The molecule has 0 saturated carbocycles. The molecule has 0 saturated heterocycles. The van der Waals surface area contributed by atoms with Crippen molar-refractivity contribution in [1.82, 2.24) is 0 Å². The van der Waals surface area contributed by atoms with Crippen molar-refractivity contribution in [2.24, 2.45) is 5.73 Å². The summed E-state index contributed by atoms with van der Waals surface area (Å²) in [4.78, 5) is 0. The molecule has 2 rings (SSSR count). The molecule has 0 heterocycles. The molecule has 3 N–H and O–H groups in total. The van der Waals surface area contributed by atoms with E-state index < -0.39 is 6.10 Å². The Hall–Kier alpha value is -0.860. The maximum Gasteiger partial charge on any atom is 0.0944 e. The Bertz CT molecular complexity index is 423. The van der Waals surface area contributed by atoms with E-state index in [0.717, 1.165) is 12.0 Å². The normalized spacial score (nSPS) is 27.0. The van der Waals surface area contributed by atoms with Crippen molar-refractivity contribution in [2.45, 2.75) is 57.6 Å². The van der Waals surface area contributed by atoms with Gasteiger partial charge in [0.2, 0.25) is 0 Å². The molecule has 0 fully saturated rings. The number of aliphatic hydroxyl groups excluding tert-OH is 1. The zero-order valence-electron chi connectivity index (χ0n) is 11.2. The maximum atomic E-state index is 10.2. The highest BCUT2D eigenvalue weighted by Crippen LogP contribution is 2.41. The van der Waals surface area contributed by atoms with Gasteiger partial charge in [-0.1, -0.05) is 45.9 Å². The van der Waals surface area contributed by atoms with Crippen LogP contribution in [0.15, 0.2) is 18.2 Å². The quantitative estimate of drug-likeness (QED) is 0.783. The third-order valence-electron chi connectivity index (χ3n) is 3.94. The van der Waals surface area contributed by atoms with Crippen molar-refractivity contribution in [1.29, 1.82) is 0 Å². The Kier molecular flexibility index (Phi) is 3.04. The minimum Gasteiger partial charge on any atom is -0.387 e. The zero-order chi connectivity index (χ0) is 12.8. The fourth-order valence-corrected chi connectivity index (χ4v) is 2.84. The van der Waals surface area contributed by atoms with E-state index in [4.69, 9.17) is 5.73 Å². The number of hydrogen-bond acceptors (Lipinski definition) is 2. The van der Waals surface area contributed by atoms with E-state index in [-0.39, 0.29) is 11.5 Å². The molecular weight excluding hydrogens is 210 g/mol. The van der Waals surface area contributed by atoms with Crippen LogP contribution in [0.3, 0.4) is 0 Å². The molecule has 94 valence electrons. The van der Waals surface area contributed by atoms with Crippen LogP contribution >= 0.6 is 0 Å². The third-order valence-corrected chi connectivity index (χ3v) is 3.94. The van der Waals surface area contributed by atoms with E-state index >= 15 is 0 Å². The SMILES string of the molecule is CC(C)c1ccc2c(c1)C(O)C(N)CC2(C)C. The van der Waals surface area contributed by atoms with Gasteiger partial charge in [0, 0.05) is 6.04 Å². The largest absolute Gasteiger partial charge is 0.387 e. The minimum absolute atomic E-state index is 0.0590. The van der Waals surface area contributed by atoms with E-state index in [9.17, 15) is 5.11 Å². The van der Waals surface area contributed by atoms with Crippen LogP contribution in [0.2, 0.25) is 0 Å². The molecular formula is C15H23NO. The number of rotatable bonds is 1. The van der Waals surface area contributed by atoms with Crippen LogP contribution in [-0.2, 0) is 5.41 Å². The number of hydrogen-bond donors (Lipinski definition) is 2.